The van der Waals surface area contributed by atoms with Gasteiger partial charge in [-0.3, -0.25) is 0 Å². The zero-order valence-corrected chi connectivity index (χ0v) is 10.4. The van der Waals surface area contributed by atoms with Gasteiger partial charge in [-0.05, 0) is 37.7 Å². The molecule has 96 valence electrons. The molecule has 1 saturated carbocycles. The van der Waals surface area contributed by atoms with Crippen LogP contribution < -0.4 is 5.32 Å². The normalized spacial score (nSPS) is 30.9. The van der Waals surface area contributed by atoms with Crippen molar-refractivity contribution in [3.05, 3.63) is 47.5 Å². The van der Waals surface area contributed by atoms with Crippen LogP contribution in [-0.4, -0.2) is 6.04 Å². The second-order valence-corrected chi connectivity index (χ2v) is 5.40. The highest BCUT2D eigenvalue weighted by Gasteiger charge is 2.41. The SMILES string of the molecule is CC(NC1CC2CC=CC21)c1ccc(F)cc1F. The molecule has 3 rings (SSSR count). The Hall–Kier alpha value is -1.22. The summed E-state index contributed by atoms with van der Waals surface area (Å²) in [4.78, 5) is 0. The fourth-order valence-electron chi connectivity index (χ4n) is 3.17. The molecule has 0 bridgehead atoms. The molecule has 0 aromatic heterocycles. The molecule has 1 fully saturated rings. The Bertz CT molecular complexity index is 483. The first kappa shape index (κ1) is 11.8. The van der Waals surface area contributed by atoms with Gasteiger partial charge < -0.3 is 5.32 Å². The Balaban J connectivity index is 1.67. The number of fused-ring (bicyclic) bond motifs is 1. The number of benzene rings is 1. The zero-order chi connectivity index (χ0) is 12.7. The third kappa shape index (κ3) is 1.97. The van der Waals surface area contributed by atoms with Gasteiger partial charge in [0, 0.05) is 23.7 Å². The lowest BCUT2D eigenvalue weighted by Crippen LogP contribution is -2.48. The predicted molar refractivity (Wildman–Crippen MR) is 67.1 cm³/mol. The zero-order valence-electron chi connectivity index (χ0n) is 10.4. The quantitative estimate of drug-likeness (QED) is 0.807. The smallest absolute Gasteiger partial charge is 0.130 e. The van der Waals surface area contributed by atoms with Crippen LogP contribution in [0.5, 0.6) is 0 Å². The summed E-state index contributed by atoms with van der Waals surface area (Å²) in [6.07, 6.45) is 6.84. The highest BCUT2D eigenvalue weighted by Crippen LogP contribution is 2.43. The molecule has 18 heavy (non-hydrogen) atoms. The van der Waals surface area contributed by atoms with E-state index in [9.17, 15) is 8.78 Å². The maximum Gasteiger partial charge on any atom is 0.130 e. The van der Waals surface area contributed by atoms with Crippen LogP contribution in [0.1, 0.15) is 31.4 Å². The molecule has 2 aliphatic rings. The topological polar surface area (TPSA) is 12.0 Å². The third-order valence-electron chi connectivity index (χ3n) is 4.26. The molecule has 0 saturated heterocycles. The largest absolute Gasteiger partial charge is 0.307 e. The van der Waals surface area contributed by atoms with Crippen molar-refractivity contribution in [2.45, 2.75) is 31.8 Å². The van der Waals surface area contributed by atoms with Gasteiger partial charge in [-0.25, -0.2) is 8.78 Å². The molecule has 0 amide bonds. The first-order chi connectivity index (χ1) is 8.65. The van der Waals surface area contributed by atoms with Crippen LogP contribution in [-0.2, 0) is 0 Å². The average Bonchev–Trinajstić information content (AvgIpc) is 2.67. The van der Waals surface area contributed by atoms with Crippen LogP contribution in [0.4, 0.5) is 8.78 Å². The molecule has 1 N–H and O–H groups in total. The number of halogens is 2. The van der Waals surface area contributed by atoms with Crippen molar-refractivity contribution < 1.29 is 8.78 Å². The molecular weight excluding hydrogens is 232 g/mol. The average molecular weight is 249 g/mol. The second-order valence-electron chi connectivity index (χ2n) is 5.40. The Morgan fingerprint density at radius 1 is 1.33 bits per heavy atom. The van der Waals surface area contributed by atoms with Crippen molar-refractivity contribution in [2.75, 3.05) is 0 Å². The number of hydrogen-bond donors (Lipinski definition) is 1. The van der Waals surface area contributed by atoms with E-state index in [4.69, 9.17) is 0 Å². The molecule has 0 heterocycles. The van der Waals surface area contributed by atoms with Gasteiger partial charge in [0.25, 0.3) is 0 Å². The lowest BCUT2D eigenvalue weighted by atomic mass is 9.71. The van der Waals surface area contributed by atoms with Crippen LogP contribution in [0.25, 0.3) is 0 Å². The van der Waals surface area contributed by atoms with Gasteiger partial charge in [0.2, 0.25) is 0 Å². The Morgan fingerprint density at radius 2 is 2.17 bits per heavy atom. The Morgan fingerprint density at radius 3 is 2.89 bits per heavy atom. The van der Waals surface area contributed by atoms with E-state index in [0.29, 0.717) is 17.5 Å². The summed E-state index contributed by atoms with van der Waals surface area (Å²) >= 11 is 0. The molecule has 0 radical (unpaired) electrons. The van der Waals surface area contributed by atoms with E-state index in [0.717, 1.165) is 18.4 Å². The number of allylic oxidation sites excluding steroid dienone is 1. The van der Waals surface area contributed by atoms with Gasteiger partial charge in [-0.1, -0.05) is 18.2 Å². The monoisotopic (exact) mass is 249 g/mol. The van der Waals surface area contributed by atoms with E-state index in [-0.39, 0.29) is 6.04 Å². The van der Waals surface area contributed by atoms with Gasteiger partial charge in [0.15, 0.2) is 0 Å². The van der Waals surface area contributed by atoms with Gasteiger partial charge in [0.05, 0.1) is 0 Å². The van der Waals surface area contributed by atoms with Crippen molar-refractivity contribution in [1.82, 2.24) is 5.32 Å². The Labute approximate surface area is 106 Å². The van der Waals surface area contributed by atoms with Gasteiger partial charge in [0.1, 0.15) is 11.6 Å². The van der Waals surface area contributed by atoms with Crippen LogP contribution in [0, 0.1) is 23.5 Å². The van der Waals surface area contributed by atoms with E-state index in [1.165, 1.54) is 18.6 Å². The maximum absolute atomic E-state index is 13.6. The summed E-state index contributed by atoms with van der Waals surface area (Å²) in [5.74, 6) is 0.405. The van der Waals surface area contributed by atoms with Crippen LogP contribution >= 0.6 is 0 Å². The molecule has 0 spiro atoms. The molecule has 2 aliphatic carbocycles. The molecule has 1 nitrogen and oxygen atoms in total. The van der Waals surface area contributed by atoms with Crippen LogP contribution in [0.15, 0.2) is 30.4 Å². The van der Waals surface area contributed by atoms with Crippen molar-refractivity contribution >= 4 is 0 Å². The lowest BCUT2D eigenvalue weighted by Gasteiger charge is -2.42. The molecule has 0 aliphatic heterocycles. The van der Waals surface area contributed by atoms with E-state index in [1.54, 1.807) is 0 Å². The fraction of sp³-hybridized carbons (Fsp3) is 0.467. The van der Waals surface area contributed by atoms with Crippen LogP contribution in [0.2, 0.25) is 0 Å². The molecule has 4 unspecified atom stereocenters. The minimum Gasteiger partial charge on any atom is -0.307 e. The molecular formula is C15H17F2N. The van der Waals surface area contributed by atoms with Crippen molar-refractivity contribution in [3.63, 3.8) is 0 Å². The second kappa shape index (κ2) is 4.47. The lowest BCUT2D eigenvalue weighted by molar-refractivity contribution is 0.152. The third-order valence-corrected chi connectivity index (χ3v) is 4.26. The predicted octanol–water partition coefficient (Wildman–Crippen LogP) is 3.58. The molecule has 3 heteroatoms. The van der Waals surface area contributed by atoms with Crippen molar-refractivity contribution in [3.8, 4) is 0 Å². The van der Waals surface area contributed by atoms with Gasteiger partial charge in [-0.15, -0.1) is 0 Å². The molecule has 1 aromatic carbocycles. The summed E-state index contributed by atoms with van der Waals surface area (Å²) in [6.45, 7) is 1.93. The molecule has 4 atom stereocenters. The van der Waals surface area contributed by atoms with E-state index < -0.39 is 11.6 Å². The standard InChI is InChI=1S/C15H17F2N/c1-9(12-6-5-11(16)8-14(12)17)18-15-7-10-3-2-4-13(10)15/h2,4-6,8-10,13,15,18H,3,7H2,1H3. The molecule has 1 aromatic rings. The number of hydrogen-bond acceptors (Lipinski definition) is 1. The summed E-state index contributed by atoms with van der Waals surface area (Å²) in [7, 11) is 0. The van der Waals surface area contributed by atoms with Gasteiger partial charge in [-0.2, -0.15) is 0 Å². The fourth-order valence-corrected chi connectivity index (χ4v) is 3.17. The first-order valence-electron chi connectivity index (χ1n) is 6.53. The first-order valence-corrected chi connectivity index (χ1v) is 6.53. The summed E-state index contributed by atoms with van der Waals surface area (Å²) in [5.41, 5.74) is 0.543. The number of rotatable bonds is 3. The van der Waals surface area contributed by atoms with E-state index in [2.05, 4.69) is 17.5 Å². The van der Waals surface area contributed by atoms with Gasteiger partial charge >= 0.3 is 0 Å². The number of nitrogens with one attached hydrogen (secondary N) is 1. The van der Waals surface area contributed by atoms with E-state index >= 15 is 0 Å². The highest BCUT2D eigenvalue weighted by molar-refractivity contribution is 5.23. The van der Waals surface area contributed by atoms with Crippen molar-refractivity contribution in [1.29, 1.82) is 0 Å². The van der Waals surface area contributed by atoms with Crippen LogP contribution in [0.3, 0.4) is 0 Å². The Kier molecular flexibility index (Phi) is 2.94. The minimum atomic E-state index is -0.522. The summed E-state index contributed by atoms with van der Waals surface area (Å²) < 4.78 is 26.5. The van der Waals surface area contributed by atoms with Crippen molar-refractivity contribution in [2.24, 2.45) is 11.8 Å². The van der Waals surface area contributed by atoms with E-state index in [1.807, 2.05) is 6.92 Å². The minimum absolute atomic E-state index is 0.0782. The highest BCUT2D eigenvalue weighted by atomic mass is 19.1. The summed E-state index contributed by atoms with van der Waals surface area (Å²) in [5, 5.41) is 3.45. The summed E-state index contributed by atoms with van der Waals surface area (Å²) in [6, 6.07) is 4.16. The maximum atomic E-state index is 13.6.